The summed E-state index contributed by atoms with van der Waals surface area (Å²) in [5.74, 6) is 2.22. The summed E-state index contributed by atoms with van der Waals surface area (Å²) in [6.45, 7) is 4.53. The first-order chi connectivity index (χ1) is 15.2. The van der Waals surface area contributed by atoms with Crippen molar-refractivity contribution in [2.45, 2.75) is 6.42 Å². The lowest BCUT2D eigenvalue weighted by molar-refractivity contribution is 0.317. The molecule has 31 heavy (non-hydrogen) atoms. The molecule has 3 heterocycles. The van der Waals surface area contributed by atoms with E-state index in [1.54, 1.807) is 13.3 Å². The van der Waals surface area contributed by atoms with Crippen molar-refractivity contribution in [2.75, 3.05) is 58.9 Å². The molecule has 164 valence electrons. The van der Waals surface area contributed by atoms with Crippen LogP contribution in [0.4, 0.5) is 5.69 Å². The van der Waals surface area contributed by atoms with Crippen molar-refractivity contribution in [2.24, 2.45) is 5.92 Å². The van der Waals surface area contributed by atoms with Gasteiger partial charge in [0.1, 0.15) is 18.1 Å². The molecule has 0 spiro atoms. The highest BCUT2D eigenvalue weighted by Gasteiger charge is 2.24. The van der Waals surface area contributed by atoms with Gasteiger partial charge >= 0.3 is 0 Å². The fourth-order valence-electron chi connectivity index (χ4n) is 4.10. The van der Waals surface area contributed by atoms with Crippen LogP contribution in [0.1, 0.15) is 6.42 Å². The molecule has 0 aliphatic carbocycles. The van der Waals surface area contributed by atoms with Crippen LogP contribution < -0.4 is 25.0 Å². The van der Waals surface area contributed by atoms with Gasteiger partial charge < -0.3 is 25.0 Å². The topological polar surface area (TPSA) is 71.5 Å². The van der Waals surface area contributed by atoms with Crippen molar-refractivity contribution in [3.05, 3.63) is 42.6 Å². The number of benzene rings is 1. The smallest absolute Gasteiger partial charge is 0.137 e. The predicted molar refractivity (Wildman–Crippen MR) is 125 cm³/mol. The Balaban J connectivity index is 1.68. The van der Waals surface area contributed by atoms with Crippen molar-refractivity contribution < 1.29 is 9.47 Å². The van der Waals surface area contributed by atoms with E-state index in [1.807, 2.05) is 38.4 Å². The van der Waals surface area contributed by atoms with E-state index >= 15 is 0 Å². The summed E-state index contributed by atoms with van der Waals surface area (Å²) in [6.07, 6.45) is 2.95. The van der Waals surface area contributed by atoms with E-state index in [4.69, 9.17) is 14.5 Å². The van der Waals surface area contributed by atoms with E-state index in [2.05, 4.69) is 32.7 Å². The second kappa shape index (κ2) is 9.94. The first-order valence-electron chi connectivity index (χ1n) is 10.8. The Hall–Kier alpha value is -2.90. The maximum absolute atomic E-state index is 5.70. The van der Waals surface area contributed by atoms with Gasteiger partial charge in [0.25, 0.3) is 0 Å². The van der Waals surface area contributed by atoms with Gasteiger partial charge in [-0.05, 0) is 63.3 Å². The van der Waals surface area contributed by atoms with Gasteiger partial charge in [-0.1, -0.05) is 0 Å². The maximum Gasteiger partial charge on any atom is 0.137 e. The summed E-state index contributed by atoms with van der Waals surface area (Å²) in [6, 6.07) is 12.2. The Labute approximate surface area is 183 Å². The van der Waals surface area contributed by atoms with E-state index in [9.17, 15) is 0 Å². The molecule has 1 aromatic carbocycles. The van der Waals surface area contributed by atoms with Crippen LogP contribution in [0.25, 0.3) is 22.3 Å². The minimum atomic E-state index is 0.610. The first-order valence-corrected chi connectivity index (χ1v) is 10.8. The van der Waals surface area contributed by atoms with Gasteiger partial charge in [-0.2, -0.15) is 0 Å². The molecule has 7 heteroatoms. The van der Waals surface area contributed by atoms with Gasteiger partial charge in [-0.25, -0.2) is 4.98 Å². The highest BCUT2D eigenvalue weighted by Crippen LogP contribution is 2.35. The van der Waals surface area contributed by atoms with Crippen molar-refractivity contribution in [1.82, 2.24) is 20.6 Å². The van der Waals surface area contributed by atoms with Crippen LogP contribution in [-0.2, 0) is 0 Å². The highest BCUT2D eigenvalue weighted by molar-refractivity contribution is 5.95. The molecule has 0 bridgehead atoms. The number of hydrogen-bond acceptors (Lipinski definition) is 7. The lowest BCUT2D eigenvalue weighted by Crippen LogP contribution is -2.24. The molecule has 0 amide bonds. The normalized spacial score (nSPS) is 16.1. The average molecular weight is 422 g/mol. The van der Waals surface area contributed by atoms with Crippen LogP contribution in [-0.4, -0.2) is 64.0 Å². The number of rotatable bonds is 9. The summed E-state index contributed by atoms with van der Waals surface area (Å²) in [5.41, 5.74) is 3.81. The van der Waals surface area contributed by atoms with Crippen LogP contribution >= 0.6 is 0 Å². The van der Waals surface area contributed by atoms with E-state index < -0.39 is 0 Å². The van der Waals surface area contributed by atoms with Crippen molar-refractivity contribution in [1.29, 1.82) is 0 Å². The number of nitrogens with one attached hydrogen (secondary N) is 2. The molecule has 0 saturated carbocycles. The Morgan fingerprint density at radius 3 is 2.68 bits per heavy atom. The van der Waals surface area contributed by atoms with Crippen molar-refractivity contribution in [3.63, 3.8) is 0 Å². The summed E-state index contributed by atoms with van der Waals surface area (Å²) >= 11 is 0. The zero-order chi connectivity index (χ0) is 21.6. The summed E-state index contributed by atoms with van der Waals surface area (Å²) in [5, 5.41) is 7.52. The number of likely N-dealkylation sites (N-methyl/N-ethyl adjacent to an activating group) is 1. The van der Waals surface area contributed by atoms with Crippen molar-refractivity contribution in [3.8, 4) is 22.9 Å². The quantitative estimate of drug-likeness (QED) is 0.515. The third-order valence-electron chi connectivity index (χ3n) is 5.73. The number of pyridine rings is 2. The molecule has 1 saturated heterocycles. The molecule has 2 N–H and O–H groups in total. The van der Waals surface area contributed by atoms with Crippen molar-refractivity contribution >= 4 is 16.6 Å². The molecule has 1 fully saturated rings. The molecule has 0 unspecified atom stereocenters. The van der Waals surface area contributed by atoms with E-state index in [1.165, 1.54) is 12.1 Å². The molecule has 0 radical (unpaired) electrons. The van der Waals surface area contributed by atoms with Gasteiger partial charge in [-0.3, -0.25) is 4.98 Å². The molecule has 1 aliphatic heterocycles. The Kier molecular flexibility index (Phi) is 6.84. The number of aromatic nitrogens is 2. The van der Waals surface area contributed by atoms with Gasteiger partial charge in [0.15, 0.2) is 0 Å². The molecular weight excluding hydrogens is 390 g/mol. The predicted octanol–water partition coefficient (Wildman–Crippen LogP) is 2.95. The fraction of sp³-hybridized carbons (Fsp3) is 0.417. The zero-order valence-corrected chi connectivity index (χ0v) is 18.5. The molecule has 4 rings (SSSR count). The molecule has 3 aromatic rings. The summed E-state index contributed by atoms with van der Waals surface area (Å²) < 4.78 is 11.1. The lowest BCUT2D eigenvalue weighted by Gasteiger charge is -2.22. The van der Waals surface area contributed by atoms with Crippen LogP contribution in [0.15, 0.2) is 42.6 Å². The average Bonchev–Trinajstić information content (AvgIpc) is 3.27. The maximum atomic E-state index is 5.70. The highest BCUT2D eigenvalue weighted by atomic mass is 16.5. The summed E-state index contributed by atoms with van der Waals surface area (Å²) in [4.78, 5) is 12.0. The molecule has 7 nitrogen and oxygen atoms in total. The summed E-state index contributed by atoms with van der Waals surface area (Å²) in [7, 11) is 5.61. The molecular formula is C24H31N5O2. The number of hydrogen-bond donors (Lipinski definition) is 2. The fourth-order valence-corrected chi connectivity index (χ4v) is 4.10. The minimum Gasteiger partial charge on any atom is -0.497 e. The standard InChI is InChI=1S/C24H31N5O2/c1-25-9-11-31-19-5-7-21(27-15-19)23-13-24(29-10-8-17(16-29)14-26-2)20-6-4-18(30-3)12-22(20)28-23/h4-7,12-13,15,17,25-26H,8-11,14,16H2,1-3H3/t17-/m1/s1. The molecule has 2 aromatic heterocycles. The first kappa shape index (κ1) is 21.3. The Morgan fingerprint density at radius 1 is 1.06 bits per heavy atom. The SMILES string of the molecule is CNCCOc1ccc(-c2cc(N3CC[C@H](CNC)C3)c3ccc(OC)cc3n2)nc1. The van der Waals surface area contributed by atoms with Gasteiger partial charge in [0.2, 0.25) is 0 Å². The number of methoxy groups -OCH3 is 1. The lowest BCUT2D eigenvalue weighted by atomic mass is 10.1. The number of anilines is 1. The van der Waals surface area contributed by atoms with Crippen LogP contribution in [0, 0.1) is 5.92 Å². The van der Waals surface area contributed by atoms with Gasteiger partial charge in [0.05, 0.1) is 30.2 Å². The third-order valence-corrected chi connectivity index (χ3v) is 5.73. The van der Waals surface area contributed by atoms with E-state index in [0.29, 0.717) is 12.5 Å². The number of ether oxygens (including phenoxy) is 2. The van der Waals surface area contributed by atoms with Crippen LogP contribution in [0.3, 0.4) is 0 Å². The van der Waals surface area contributed by atoms with E-state index in [-0.39, 0.29) is 0 Å². The van der Waals surface area contributed by atoms with Crippen LogP contribution in [0.2, 0.25) is 0 Å². The zero-order valence-electron chi connectivity index (χ0n) is 18.5. The molecule has 1 atom stereocenters. The number of fused-ring (bicyclic) bond motifs is 1. The number of nitrogens with zero attached hydrogens (tertiary/aromatic N) is 3. The minimum absolute atomic E-state index is 0.610. The Bertz CT molecular complexity index is 1010. The largest absolute Gasteiger partial charge is 0.497 e. The van der Waals surface area contributed by atoms with Crippen LogP contribution in [0.5, 0.6) is 11.5 Å². The second-order valence-electron chi connectivity index (χ2n) is 7.90. The van der Waals surface area contributed by atoms with E-state index in [0.717, 1.165) is 60.0 Å². The van der Waals surface area contributed by atoms with Gasteiger partial charge in [0, 0.05) is 36.8 Å². The third kappa shape index (κ3) is 4.89. The van der Waals surface area contributed by atoms with Gasteiger partial charge in [-0.15, -0.1) is 0 Å². The molecule has 1 aliphatic rings. The Morgan fingerprint density at radius 2 is 1.94 bits per heavy atom. The second-order valence-corrected chi connectivity index (χ2v) is 7.90. The monoisotopic (exact) mass is 421 g/mol.